The SMILES string of the molecule is CCN(C(=O)c1cc(F)ccc1N1CCN([C@@H]2CCN(C(=O)[C@H]3NC4C[C@@H]3C[C@@H]4CC3CC3)C2)c2ncncc21)C(C)C. The first-order valence-corrected chi connectivity index (χ1v) is 16.3. The third kappa shape index (κ3) is 5.25. The van der Waals surface area contributed by atoms with E-state index in [9.17, 15) is 14.0 Å². The van der Waals surface area contributed by atoms with Gasteiger partial charge in [-0.2, -0.15) is 0 Å². The summed E-state index contributed by atoms with van der Waals surface area (Å²) < 4.78 is 14.5. The van der Waals surface area contributed by atoms with Crippen LogP contribution in [0.25, 0.3) is 0 Å². The number of nitrogens with one attached hydrogen (secondary N) is 1. The molecule has 2 saturated carbocycles. The van der Waals surface area contributed by atoms with Crippen molar-refractivity contribution in [1.82, 2.24) is 25.1 Å². The van der Waals surface area contributed by atoms with Crippen LogP contribution in [0, 0.1) is 23.6 Å². The Morgan fingerprint density at radius 3 is 2.67 bits per heavy atom. The average Bonchev–Trinajstić information content (AvgIpc) is 3.36. The Bertz CT molecular complexity index is 1380. The molecular weight excluding hydrogens is 545 g/mol. The predicted molar refractivity (Wildman–Crippen MR) is 164 cm³/mol. The third-order valence-corrected chi connectivity index (χ3v) is 10.6. The van der Waals surface area contributed by atoms with Crippen LogP contribution in [0.1, 0.15) is 69.7 Å². The molecule has 0 radical (unpaired) electrons. The largest absolute Gasteiger partial charge is 0.348 e. The van der Waals surface area contributed by atoms with Crippen LogP contribution in [0.15, 0.2) is 30.7 Å². The molecule has 3 aliphatic heterocycles. The van der Waals surface area contributed by atoms with E-state index in [-0.39, 0.29) is 29.9 Å². The molecule has 2 amide bonds. The number of amides is 2. The summed E-state index contributed by atoms with van der Waals surface area (Å²) in [5.74, 6) is 2.60. The molecule has 43 heavy (non-hydrogen) atoms. The minimum Gasteiger partial charge on any atom is -0.348 e. The lowest BCUT2D eigenvalue weighted by Gasteiger charge is -2.41. The zero-order valence-electron chi connectivity index (χ0n) is 25.6. The molecule has 10 heteroatoms. The van der Waals surface area contributed by atoms with E-state index in [1.54, 1.807) is 23.5 Å². The molecule has 1 aromatic heterocycles. The number of hydrogen-bond donors (Lipinski definition) is 1. The lowest BCUT2D eigenvalue weighted by atomic mass is 9.90. The zero-order valence-corrected chi connectivity index (χ0v) is 25.6. The van der Waals surface area contributed by atoms with Gasteiger partial charge in [0.25, 0.3) is 5.91 Å². The van der Waals surface area contributed by atoms with E-state index in [0.29, 0.717) is 49.4 Å². The number of benzene rings is 1. The number of likely N-dealkylation sites (tertiary alicyclic amines) is 1. The number of carbonyl (C=O) groups is 2. The standard InChI is InChI=1S/C33H44FN7O2/c1-4-39(20(2)3)32(42)26-16-24(34)7-8-28(26)41-12-11-40(31-29(41)17-35-19-36-31)25-9-10-38(18-25)33(43)30-23-14-22(13-21-5-6-21)27(15-23)37-30/h7-8,16-17,19-23,25,27,30,37H,4-6,9-15,18H2,1-3H3/t22-,23-,25+,27?,30-/m0/s1. The van der Waals surface area contributed by atoms with E-state index < -0.39 is 5.82 Å². The molecule has 2 bridgehead atoms. The molecule has 2 saturated heterocycles. The number of nitrogens with zero attached hydrogens (tertiary/aromatic N) is 6. The van der Waals surface area contributed by atoms with Gasteiger partial charge >= 0.3 is 0 Å². The first-order chi connectivity index (χ1) is 20.8. The summed E-state index contributed by atoms with van der Waals surface area (Å²) in [7, 11) is 0. The van der Waals surface area contributed by atoms with Gasteiger partial charge < -0.3 is 24.9 Å². The van der Waals surface area contributed by atoms with Crippen molar-refractivity contribution < 1.29 is 14.0 Å². The highest BCUT2D eigenvalue weighted by Crippen LogP contribution is 2.47. The second-order valence-electron chi connectivity index (χ2n) is 13.6. The predicted octanol–water partition coefficient (Wildman–Crippen LogP) is 4.21. The Balaban J connectivity index is 1.07. The minimum atomic E-state index is -0.436. The van der Waals surface area contributed by atoms with Gasteiger partial charge in [0.2, 0.25) is 5.91 Å². The first kappa shape index (κ1) is 28.5. The second kappa shape index (κ2) is 11.3. The molecule has 1 aromatic carbocycles. The third-order valence-electron chi connectivity index (χ3n) is 10.6. The number of piperidine rings is 1. The highest BCUT2D eigenvalue weighted by molar-refractivity contribution is 6.01. The van der Waals surface area contributed by atoms with Crippen LogP contribution < -0.4 is 15.1 Å². The Morgan fingerprint density at radius 2 is 1.95 bits per heavy atom. The van der Waals surface area contributed by atoms with Crippen LogP contribution in [0.3, 0.4) is 0 Å². The van der Waals surface area contributed by atoms with Crippen molar-refractivity contribution in [2.24, 2.45) is 17.8 Å². The summed E-state index contributed by atoms with van der Waals surface area (Å²) in [5, 5.41) is 3.73. The van der Waals surface area contributed by atoms with Crippen molar-refractivity contribution in [3.63, 3.8) is 0 Å². The van der Waals surface area contributed by atoms with Gasteiger partial charge in [0.15, 0.2) is 5.82 Å². The van der Waals surface area contributed by atoms with Crippen LogP contribution in [-0.4, -0.2) is 88.5 Å². The smallest absolute Gasteiger partial charge is 0.256 e. The van der Waals surface area contributed by atoms with Crippen molar-refractivity contribution in [2.45, 2.75) is 83.5 Å². The van der Waals surface area contributed by atoms with Crippen LogP contribution in [0.4, 0.5) is 21.6 Å². The fourth-order valence-electron chi connectivity index (χ4n) is 8.30. The van der Waals surface area contributed by atoms with Gasteiger partial charge in [0.05, 0.1) is 23.5 Å². The lowest BCUT2D eigenvalue weighted by molar-refractivity contribution is -0.133. The van der Waals surface area contributed by atoms with E-state index in [4.69, 9.17) is 4.98 Å². The van der Waals surface area contributed by atoms with Crippen molar-refractivity contribution >= 4 is 29.0 Å². The molecule has 5 atom stereocenters. The van der Waals surface area contributed by atoms with Gasteiger partial charge in [-0.1, -0.05) is 12.8 Å². The summed E-state index contributed by atoms with van der Waals surface area (Å²) in [5.41, 5.74) is 1.80. The number of rotatable bonds is 8. The summed E-state index contributed by atoms with van der Waals surface area (Å²) >= 11 is 0. The number of aromatic nitrogens is 2. The Hall–Kier alpha value is -3.27. The van der Waals surface area contributed by atoms with Gasteiger partial charge in [0.1, 0.15) is 17.8 Å². The van der Waals surface area contributed by atoms with E-state index in [1.165, 1.54) is 37.8 Å². The Kier molecular flexibility index (Phi) is 7.51. The molecule has 0 spiro atoms. The number of carbonyl (C=O) groups excluding carboxylic acids is 2. The van der Waals surface area contributed by atoms with E-state index in [2.05, 4.69) is 20.1 Å². The molecule has 5 aliphatic rings. The maximum Gasteiger partial charge on any atom is 0.256 e. The van der Waals surface area contributed by atoms with E-state index in [0.717, 1.165) is 42.7 Å². The van der Waals surface area contributed by atoms with E-state index in [1.807, 2.05) is 25.7 Å². The summed E-state index contributed by atoms with van der Waals surface area (Å²) in [6, 6.07) is 5.08. The van der Waals surface area contributed by atoms with Crippen molar-refractivity contribution in [3.8, 4) is 0 Å². The van der Waals surface area contributed by atoms with Crippen LogP contribution in [0.2, 0.25) is 0 Å². The molecule has 1 N–H and O–H groups in total. The van der Waals surface area contributed by atoms with Crippen molar-refractivity contribution in [3.05, 3.63) is 42.1 Å². The summed E-state index contributed by atoms with van der Waals surface area (Å²) in [4.78, 5) is 44.5. The fourth-order valence-corrected chi connectivity index (χ4v) is 8.30. The molecule has 1 unspecified atom stereocenters. The number of anilines is 3. The summed E-state index contributed by atoms with van der Waals surface area (Å²) in [6.45, 7) is 9.13. The van der Waals surface area contributed by atoms with E-state index >= 15 is 0 Å². The van der Waals surface area contributed by atoms with Crippen molar-refractivity contribution in [2.75, 3.05) is 42.5 Å². The van der Waals surface area contributed by atoms with Gasteiger partial charge in [-0.3, -0.25) is 9.59 Å². The number of fused-ring (bicyclic) bond motifs is 3. The quantitative estimate of drug-likeness (QED) is 0.494. The monoisotopic (exact) mass is 589 g/mol. The molecule has 4 fully saturated rings. The number of halogens is 1. The lowest BCUT2D eigenvalue weighted by Crippen LogP contribution is -2.52. The van der Waals surface area contributed by atoms with Crippen molar-refractivity contribution in [1.29, 1.82) is 0 Å². The normalized spacial score (nSPS) is 28.1. The zero-order chi connectivity index (χ0) is 29.8. The second-order valence-corrected chi connectivity index (χ2v) is 13.6. The van der Waals surface area contributed by atoms with Crippen LogP contribution >= 0.6 is 0 Å². The van der Waals surface area contributed by atoms with Gasteiger partial charge in [-0.15, -0.1) is 0 Å². The maximum atomic E-state index is 14.5. The first-order valence-electron chi connectivity index (χ1n) is 16.3. The van der Waals surface area contributed by atoms with Crippen LogP contribution in [-0.2, 0) is 4.79 Å². The fraction of sp³-hybridized carbons (Fsp3) is 0.636. The molecule has 7 rings (SSSR count). The maximum absolute atomic E-state index is 14.5. The highest BCUT2D eigenvalue weighted by atomic mass is 19.1. The van der Waals surface area contributed by atoms with Gasteiger partial charge in [0, 0.05) is 50.8 Å². The highest BCUT2D eigenvalue weighted by Gasteiger charge is 2.50. The number of hydrogen-bond acceptors (Lipinski definition) is 7. The molecule has 9 nitrogen and oxygen atoms in total. The Morgan fingerprint density at radius 1 is 1.12 bits per heavy atom. The molecule has 2 aromatic rings. The molecule has 2 aliphatic carbocycles. The van der Waals surface area contributed by atoms with Gasteiger partial charge in [-0.25, -0.2) is 14.4 Å². The van der Waals surface area contributed by atoms with Crippen LogP contribution in [0.5, 0.6) is 0 Å². The molecule has 4 heterocycles. The molecule has 230 valence electrons. The average molecular weight is 590 g/mol. The summed E-state index contributed by atoms with van der Waals surface area (Å²) in [6.07, 6.45) is 10.7. The van der Waals surface area contributed by atoms with Gasteiger partial charge in [-0.05, 0) is 82.4 Å². The Labute approximate surface area is 253 Å². The minimum absolute atomic E-state index is 0.00659. The topological polar surface area (TPSA) is 84.9 Å². The molecular formula is C33H44FN7O2.